The van der Waals surface area contributed by atoms with Crippen molar-refractivity contribution in [3.8, 4) is 0 Å². The summed E-state index contributed by atoms with van der Waals surface area (Å²) in [7, 11) is 0. The van der Waals surface area contributed by atoms with Crippen LogP contribution in [0.25, 0.3) is 0 Å². The molecule has 0 amide bonds. The number of esters is 1. The predicted molar refractivity (Wildman–Crippen MR) is 115 cm³/mol. The van der Waals surface area contributed by atoms with Gasteiger partial charge < -0.3 is 14.9 Å². The van der Waals surface area contributed by atoms with Gasteiger partial charge in [-0.05, 0) is 20.3 Å². The summed E-state index contributed by atoms with van der Waals surface area (Å²) in [6.07, 6.45) is 18.6. The Kier molecular flexibility index (Phi) is 12.3. The van der Waals surface area contributed by atoms with E-state index >= 15 is 0 Å². The van der Waals surface area contributed by atoms with Crippen LogP contribution in [-0.2, 0) is 9.53 Å². The summed E-state index contributed by atoms with van der Waals surface area (Å²) in [6.45, 7) is 5.78. The molecular formula is C24H46O4. The minimum absolute atomic E-state index is 0.0332. The third-order valence-corrected chi connectivity index (χ3v) is 6.21. The highest BCUT2D eigenvalue weighted by Gasteiger charge is 2.48. The number of unbranched alkanes of at least 4 members (excludes halogenated alkanes) is 13. The van der Waals surface area contributed by atoms with Crippen LogP contribution in [0.3, 0.4) is 0 Å². The molecule has 1 aliphatic rings. The van der Waals surface area contributed by atoms with Crippen LogP contribution in [0.5, 0.6) is 0 Å². The van der Waals surface area contributed by atoms with E-state index in [-0.39, 0.29) is 12.4 Å². The van der Waals surface area contributed by atoms with Crippen molar-refractivity contribution in [2.75, 3.05) is 0 Å². The fourth-order valence-corrected chi connectivity index (χ4v) is 4.44. The third kappa shape index (κ3) is 10.8. The second-order valence-corrected chi connectivity index (χ2v) is 9.53. The zero-order valence-electron chi connectivity index (χ0n) is 18.8. The minimum Gasteiger partial charge on any atom is -0.456 e. The fraction of sp³-hybridized carbons (Fsp3) is 0.958. The van der Waals surface area contributed by atoms with Gasteiger partial charge in [-0.3, -0.25) is 4.79 Å². The number of aliphatic hydroxyl groups excluding tert-OH is 1. The molecule has 0 aliphatic carbocycles. The van der Waals surface area contributed by atoms with Gasteiger partial charge in [0.25, 0.3) is 0 Å². The molecule has 166 valence electrons. The molecule has 1 unspecified atom stereocenters. The Bertz CT molecular complexity index is 421. The molecule has 0 spiro atoms. The van der Waals surface area contributed by atoms with Crippen LogP contribution in [-0.4, -0.2) is 33.5 Å². The normalized spacial score (nSPS) is 24.3. The second-order valence-electron chi connectivity index (χ2n) is 9.53. The van der Waals surface area contributed by atoms with Crippen molar-refractivity contribution in [2.24, 2.45) is 0 Å². The van der Waals surface area contributed by atoms with Crippen molar-refractivity contribution in [1.29, 1.82) is 0 Å². The van der Waals surface area contributed by atoms with Gasteiger partial charge in [-0.15, -0.1) is 0 Å². The number of cyclic esters (lactones) is 1. The van der Waals surface area contributed by atoms with Gasteiger partial charge in [0.05, 0.1) is 12.0 Å². The summed E-state index contributed by atoms with van der Waals surface area (Å²) >= 11 is 0. The Morgan fingerprint density at radius 3 is 1.75 bits per heavy atom. The van der Waals surface area contributed by atoms with Gasteiger partial charge in [-0.2, -0.15) is 0 Å². The van der Waals surface area contributed by atoms with E-state index in [1.807, 2.05) is 0 Å². The van der Waals surface area contributed by atoms with Crippen LogP contribution in [0, 0.1) is 0 Å². The molecule has 0 radical (unpaired) electrons. The van der Waals surface area contributed by atoms with Gasteiger partial charge in [0, 0.05) is 6.42 Å². The van der Waals surface area contributed by atoms with E-state index in [2.05, 4.69) is 6.92 Å². The lowest BCUT2D eigenvalue weighted by molar-refractivity contribution is -0.155. The Balaban J connectivity index is 1.96. The summed E-state index contributed by atoms with van der Waals surface area (Å²) < 4.78 is 5.27. The van der Waals surface area contributed by atoms with E-state index in [9.17, 15) is 15.0 Å². The Hall–Kier alpha value is -0.610. The van der Waals surface area contributed by atoms with Crippen LogP contribution in [0.4, 0.5) is 0 Å². The standard InChI is InChI=1S/C24H46O4/c1-4-5-6-7-8-9-10-11-12-13-14-15-16-17-18-23(2,27)20-24(3)21(25)19-22(26)28-24/h21,25,27H,4-20H2,1-3H3/t21?,23-,24+/m1/s1. The molecule has 3 atom stereocenters. The Morgan fingerprint density at radius 1 is 0.929 bits per heavy atom. The summed E-state index contributed by atoms with van der Waals surface area (Å²) in [4.78, 5) is 11.4. The zero-order valence-corrected chi connectivity index (χ0v) is 18.8. The molecule has 1 aliphatic heterocycles. The number of hydrogen-bond donors (Lipinski definition) is 2. The monoisotopic (exact) mass is 398 g/mol. The Morgan fingerprint density at radius 2 is 1.36 bits per heavy atom. The lowest BCUT2D eigenvalue weighted by Gasteiger charge is -2.34. The molecule has 0 aromatic heterocycles. The maximum absolute atomic E-state index is 11.4. The molecule has 4 heteroatoms. The van der Waals surface area contributed by atoms with Crippen LogP contribution in [0.15, 0.2) is 0 Å². The van der Waals surface area contributed by atoms with Crippen molar-refractivity contribution in [3.05, 3.63) is 0 Å². The van der Waals surface area contributed by atoms with Crippen molar-refractivity contribution in [2.45, 2.75) is 147 Å². The molecule has 28 heavy (non-hydrogen) atoms. The maximum atomic E-state index is 11.4. The second kappa shape index (κ2) is 13.6. The summed E-state index contributed by atoms with van der Waals surface area (Å²) in [5.41, 5.74) is -1.85. The highest BCUT2D eigenvalue weighted by Crippen LogP contribution is 2.36. The minimum atomic E-state index is -0.948. The molecule has 2 N–H and O–H groups in total. The molecule has 1 heterocycles. The zero-order chi connectivity index (χ0) is 20.9. The van der Waals surface area contributed by atoms with E-state index in [4.69, 9.17) is 4.74 Å². The van der Waals surface area contributed by atoms with E-state index < -0.39 is 17.3 Å². The average molecular weight is 399 g/mol. The average Bonchev–Trinajstić information content (AvgIpc) is 2.85. The van der Waals surface area contributed by atoms with Gasteiger partial charge in [0.1, 0.15) is 11.7 Å². The SMILES string of the molecule is CCCCCCCCCCCCCCCC[C@@](C)(O)C[C@]1(C)OC(=O)CC1O. The smallest absolute Gasteiger partial charge is 0.309 e. The van der Waals surface area contributed by atoms with E-state index in [1.54, 1.807) is 13.8 Å². The molecule has 0 bridgehead atoms. The Labute approximate surface area is 173 Å². The van der Waals surface area contributed by atoms with Gasteiger partial charge >= 0.3 is 5.97 Å². The van der Waals surface area contributed by atoms with E-state index in [0.29, 0.717) is 12.8 Å². The summed E-state index contributed by atoms with van der Waals surface area (Å²) in [5, 5.41) is 20.7. The quantitative estimate of drug-likeness (QED) is 0.231. The van der Waals surface area contributed by atoms with Gasteiger partial charge in [-0.1, -0.05) is 96.8 Å². The number of rotatable bonds is 17. The first kappa shape index (κ1) is 25.4. The number of carbonyl (C=O) groups is 1. The molecule has 0 aromatic carbocycles. The molecule has 0 aromatic rings. The number of aliphatic hydroxyl groups is 2. The summed E-state index contributed by atoms with van der Waals surface area (Å²) in [5.74, 6) is -0.373. The van der Waals surface area contributed by atoms with Crippen LogP contribution >= 0.6 is 0 Å². The molecule has 1 rings (SSSR count). The first-order chi connectivity index (χ1) is 13.3. The number of hydrogen-bond acceptors (Lipinski definition) is 4. The highest BCUT2D eigenvalue weighted by atomic mass is 16.6. The number of carbonyl (C=O) groups excluding carboxylic acids is 1. The first-order valence-electron chi connectivity index (χ1n) is 11.9. The molecule has 0 saturated carbocycles. The highest BCUT2D eigenvalue weighted by molar-refractivity contribution is 5.73. The van der Waals surface area contributed by atoms with E-state index in [0.717, 1.165) is 12.8 Å². The maximum Gasteiger partial charge on any atom is 0.309 e. The molecular weight excluding hydrogens is 352 g/mol. The topological polar surface area (TPSA) is 66.8 Å². The van der Waals surface area contributed by atoms with Crippen LogP contribution in [0.2, 0.25) is 0 Å². The molecule has 4 nitrogen and oxygen atoms in total. The lowest BCUT2D eigenvalue weighted by Crippen LogP contribution is -2.44. The van der Waals surface area contributed by atoms with Gasteiger partial charge in [-0.25, -0.2) is 0 Å². The third-order valence-electron chi connectivity index (χ3n) is 6.21. The lowest BCUT2D eigenvalue weighted by atomic mass is 9.83. The van der Waals surface area contributed by atoms with E-state index in [1.165, 1.54) is 77.0 Å². The van der Waals surface area contributed by atoms with Crippen LogP contribution in [0.1, 0.15) is 130 Å². The molecule has 1 saturated heterocycles. The summed E-state index contributed by atoms with van der Waals surface area (Å²) in [6, 6.07) is 0. The molecule has 1 fully saturated rings. The first-order valence-corrected chi connectivity index (χ1v) is 11.9. The number of ether oxygens (including phenoxy) is 1. The predicted octanol–water partition coefficient (Wildman–Crippen LogP) is 6.07. The van der Waals surface area contributed by atoms with Crippen molar-refractivity contribution in [3.63, 3.8) is 0 Å². The van der Waals surface area contributed by atoms with Crippen molar-refractivity contribution >= 4 is 5.97 Å². The van der Waals surface area contributed by atoms with Crippen molar-refractivity contribution in [1.82, 2.24) is 0 Å². The largest absolute Gasteiger partial charge is 0.456 e. The van der Waals surface area contributed by atoms with Crippen LogP contribution < -0.4 is 0 Å². The van der Waals surface area contributed by atoms with Crippen molar-refractivity contribution < 1.29 is 19.7 Å². The van der Waals surface area contributed by atoms with Gasteiger partial charge in [0.15, 0.2) is 0 Å². The van der Waals surface area contributed by atoms with Gasteiger partial charge in [0.2, 0.25) is 0 Å². The fourth-order valence-electron chi connectivity index (χ4n) is 4.44.